The Balaban J connectivity index is 1.27. The molecule has 0 radical (unpaired) electrons. The van der Waals surface area contributed by atoms with Crippen LogP contribution in [0, 0.1) is 6.92 Å². The summed E-state index contributed by atoms with van der Waals surface area (Å²) in [5, 5.41) is 10.5. The number of benzene rings is 2. The SMILES string of the molecule is Cc1cc2nnc(S[C@@H](C)C(=O)N3CCN(Cc4ccccc4)CC3)n2c2ccccc12. The number of aromatic nitrogens is 3. The topological polar surface area (TPSA) is 53.7 Å². The molecule has 0 N–H and O–H groups in total. The molecular formula is C25H27N5OS. The number of piperazine rings is 1. The Morgan fingerprint density at radius 1 is 1.00 bits per heavy atom. The number of carbonyl (C=O) groups is 1. The molecule has 1 aliphatic heterocycles. The lowest BCUT2D eigenvalue weighted by Crippen LogP contribution is -2.50. The summed E-state index contributed by atoms with van der Waals surface area (Å²) in [5.74, 6) is 0.169. The van der Waals surface area contributed by atoms with Crippen LogP contribution in [-0.4, -0.2) is 61.7 Å². The maximum Gasteiger partial charge on any atom is 0.235 e. The van der Waals surface area contributed by atoms with E-state index in [9.17, 15) is 4.79 Å². The molecule has 0 unspecified atom stereocenters. The second kappa shape index (κ2) is 8.92. The van der Waals surface area contributed by atoms with Gasteiger partial charge in [0, 0.05) is 38.1 Å². The minimum Gasteiger partial charge on any atom is -0.339 e. The van der Waals surface area contributed by atoms with Crippen molar-refractivity contribution in [2.24, 2.45) is 0 Å². The number of thioether (sulfide) groups is 1. The summed E-state index contributed by atoms with van der Waals surface area (Å²) in [7, 11) is 0. The van der Waals surface area contributed by atoms with Gasteiger partial charge in [-0.15, -0.1) is 10.2 Å². The Kier molecular flexibility index (Phi) is 5.85. The van der Waals surface area contributed by atoms with Gasteiger partial charge in [-0.05, 0) is 37.1 Å². The van der Waals surface area contributed by atoms with Crippen LogP contribution in [-0.2, 0) is 11.3 Å². The average molecular weight is 446 g/mol. The highest BCUT2D eigenvalue weighted by molar-refractivity contribution is 8.00. The highest BCUT2D eigenvalue weighted by Gasteiger charge is 2.27. The van der Waals surface area contributed by atoms with Crippen molar-refractivity contribution in [1.29, 1.82) is 0 Å². The van der Waals surface area contributed by atoms with E-state index in [2.05, 4.69) is 68.9 Å². The molecule has 4 aromatic rings. The molecule has 0 saturated carbocycles. The van der Waals surface area contributed by atoms with Crippen molar-refractivity contribution in [2.45, 2.75) is 30.8 Å². The predicted octanol–water partition coefficient (Wildman–Crippen LogP) is 4.02. The van der Waals surface area contributed by atoms with Crippen molar-refractivity contribution in [2.75, 3.05) is 26.2 Å². The second-order valence-electron chi connectivity index (χ2n) is 8.37. The van der Waals surface area contributed by atoms with Crippen molar-refractivity contribution in [1.82, 2.24) is 24.4 Å². The molecular weight excluding hydrogens is 418 g/mol. The van der Waals surface area contributed by atoms with Gasteiger partial charge in [0.1, 0.15) is 0 Å². The molecule has 6 nitrogen and oxygen atoms in total. The Hall–Kier alpha value is -2.90. The molecule has 7 heteroatoms. The first-order valence-corrected chi connectivity index (χ1v) is 11.9. The summed E-state index contributed by atoms with van der Waals surface area (Å²) in [5.41, 5.74) is 4.38. The summed E-state index contributed by atoms with van der Waals surface area (Å²) in [6.45, 7) is 8.32. The monoisotopic (exact) mass is 445 g/mol. The Labute approximate surface area is 192 Å². The van der Waals surface area contributed by atoms with Crippen LogP contribution < -0.4 is 0 Å². The maximum atomic E-state index is 13.2. The van der Waals surface area contributed by atoms with Gasteiger partial charge in [0.2, 0.25) is 5.91 Å². The molecule has 3 heterocycles. The van der Waals surface area contributed by atoms with Gasteiger partial charge in [0.05, 0.1) is 10.8 Å². The van der Waals surface area contributed by atoms with E-state index in [4.69, 9.17) is 0 Å². The normalized spacial score (nSPS) is 16.0. The fourth-order valence-electron chi connectivity index (χ4n) is 4.38. The minimum absolute atomic E-state index is 0.169. The zero-order valence-corrected chi connectivity index (χ0v) is 19.3. The molecule has 1 fully saturated rings. The fraction of sp³-hybridized carbons (Fsp3) is 0.320. The number of hydrogen-bond donors (Lipinski definition) is 0. The average Bonchev–Trinajstić information content (AvgIpc) is 3.22. The fourth-order valence-corrected chi connectivity index (χ4v) is 5.34. The molecule has 1 saturated heterocycles. The number of hydrogen-bond acceptors (Lipinski definition) is 5. The van der Waals surface area contributed by atoms with Crippen molar-refractivity contribution in [3.8, 4) is 0 Å². The van der Waals surface area contributed by atoms with E-state index in [-0.39, 0.29) is 11.2 Å². The van der Waals surface area contributed by atoms with Crippen LogP contribution in [0.1, 0.15) is 18.1 Å². The maximum absolute atomic E-state index is 13.2. The van der Waals surface area contributed by atoms with Gasteiger partial charge < -0.3 is 4.90 Å². The molecule has 164 valence electrons. The number of para-hydroxylation sites is 1. The van der Waals surface area contributed by atoms with E-state index in [0.29, 0.717) is 0 Å². The molecule has 0 aliphatic carbocycles. The number of carbonyl (C=O) groups excluding carboxylic acids is 1. The summed E-state index contributed by atoms with van der Waals surface area (Å²) >= 11 is 1.49. The molecule has 0 spiro atoms. The number of rotatable bonds is 5. The number of amides is 1. The first-order chi connectivity index (χ1) is 15.6. The number of nitrogens with zero attached hydrogens (tertiary/aromatic N) is 5. The van der Waals surface area contributed by atoms with E-state index in [1.54, 1.807) is 0 Å². The van der Waals surface area contributed by atoms with E-state index in [0.717, 1.165) is 49.0 Å². The molecule has 2 aromatic carbocycles. The number of aryl methyl sites for hydroxylation is 1. The zero-order valence-electron chi connectivity index (χ0n) is 18.4. The molecule has 5 rings (SSSR count). The van der Waals surface area contributed by atoms with Gasteiger partial charge in [-0.2, -0.15) is 0 Å². The van der Waals surface area contributed by atoms with Gasteiger partial charge in [0.15, 0.2) is 10.8 Å². The summed E-state index contributed by atoms with van der Waals surface area (Å²) in [6, 6.07) is 20.8. The van der Waals surface area contributed by atoms with Gasteiger partial charge in [-0.1, -0.05) is 60.3 Å². The molecule has 1 atom stereocenters. The minimum atomic E-state index is -0.219. The van der Waals surface area contributed by atoms with Gasteiger partial charge in [0.25, 0.3) is 0 Å². The lowest BCUT2D eigenvalue weighted by molar-refractivity contribution is -0.132. The largest absolute Gasteiger partial charge is 0.339 e. The van der Waals surface area contributed by atoms with Crippen molar-refractivity contribution in [3.63, 3.8) is 0 Å². The van der Waals surface area contributed by atoms with Gasteiger partial charge in [-0.3, -0.25) is 14.1 Å². The summed E-state index contributed by atoms with van der Waals surface area (Å²) in [4.78, 5) is 17.6. The third-order valence-corrected chi connectivity index (χ3v) is 7.17. The first kappa shape index (κ1) is 21.0. The first-order valence-electron chi connectivity index (χ1n) is 11.1. The highest BCUT2D eigenvalue weighted by atomic mass is 32.2. The van der Waals surface area contributed by atoms with Crippen LogP contribution in [0.15, 0.2) is 65.8 Å². The van der Waals surface area contributed by atoms with E-state index in [1.165, 1.54) is 28.3 Å². The molecule has 2 aromatic heterocycles. The predicted molar refractivity (Wildman–Crippen MR) is 129 cm³/mol. The highest BCUT2D eigenvalue weighted by Crippen LogP contribution is 2.28. The van der Waals surface area contributed by atoms with Crippen LogP contribution in [0.4, 0.5) is 0 Å². The Bertz CT molecular complexity index is 1250. The Morgan fingerprint density at radius 3 is 2.50 bits per heavy atom. The molecule has 0 bridgehead atoms. The van der Waals surface area contributed by atoms with Gasteiger partial charge in [-0.25, -0.2) is 0 Å². The van der Waals surface area contributed by atoms with E-state index < -0.39 is 0 Å². The van der Waals surface area contributed by atoms with Crippen LogP contribution in [0.2, 0.25) is 0 Å². The van der Waals surface area contributed by atoms with Crippen molar-refractivity contribution < 1.29 is 4.79 Å². The lowest BCUT2D eigenvalue weighted by atomic mass is 10.1. The quantitative estimate of drug-likeness (QED) is 0.435. The van der Waals surface area contributed by atoms with Crippen molar-refractivity contribution in [3.05, 3.63) is 71.8 Å². The van der Waals surface area contributed by atoms with Crippen LogP contribution in [0.3, 0.4) is 0 Å². The van der Waals surface area contributed by atoms with Gasteiger partial charge >= 0.3 is 0 Å². The molecule has 1 amide bonds. The van der Waals surface area contributed by atoms with Crippen molar-refractivity contribution >= 4 is 34.2 Å². The van der Waals surface area contributed by atoms with E-state index in [1.807, 2.05) is 30.0 Å². The Morgan fingerprint density at radius 2 is 1.72 bits per heavy atom. The summed E-state index contributed by atoms with van der Waals surface area (Å²) < 4.78 is 2.06. The third-order valence-electron chi connectivity index (χ3n) is 6.14. The summed E-state index contributed by atoms with van der Waals surface area (Å²) in [6.07, 6.45) is 0. The molecule has 32 heavy (non-hydrogen) atoms. The van der Waals surface area contributed by atoms with Crippen LogP contribution in [0.5, 0.6) is 0 Å². The standard InChI is InChI=1S/C25H27N5OS/c1-18-16-23-26-27-25(30(23)22-11-7-6-10-21(18)22)32-19(2)24(31)29-14-12-28(13-15-29)17-20-8-4-3-5-9-20/h3-11,16,19H,12-15,17H2,1-2H3/t19-/m0/s1. The number of pyridine rings is 1. The lowest BCUT2D eigenvalue weighted by Gasteiger charge is -2.35. The van der Waals surface area contributed by atoms with E-state index >= 15 is 0 Å². The third kappa shape index (κ3) is 4.10. The second-order valence-corrected chi connectivity index (χ2v) is 9.68. The van der Waals surface area contributed by atoms with Crippen LogP contribution >= 0.6 is 11.8 Å². The smallest absolute Gasteiger partial charge is 0.235 e. The zero-order chi connectivity index (χ0) is 22.1. The number of fused-ring (bicyclic) bond motifs is 3. The molecule has 1 aliphatic rings. The van der Waals surface area contributed by atoms with Crippen LogP contribution in [0.25, 0.3) is 16.6 Å².